The van der Waals surface area contributed by atoms with Crippen LogP contribution in [0.15, 0.2) is 44.0 Å². The van der Waals surface area contributed by atoms with Crippen molar-refractivity contribution in [1.29, 1.82) is 0 Å². The molecule has 1 aromatic carbocycles. The first-order chi connectivity index (χ1) is 35.3. The van der Waals surface area contributed by atoms with Crippen LogP contribution in [0.2, 0.25) is 0 Å². The smallest absolute Gasteiger partial charge is 0.332 e. The highest BCUT2D eigenvalue weighted by molar-refractivity contribution is 5.78. The van der Waals surface area contributed by atoms with Crippen molar-refractivity contribution in [1.82, 2.24) is 42.3 Å². The molecule has 0 spiro atoms. The number of esters is 1. The van der Waals surface area contributed by atoms with E-state index in [-0.39, 0.29) is 35.1 Å². The quantitative estimate of drug-likeness (QED) is 0.0313. The van der Waals surface area contributed by atoms with Crippen LogP contribution in [0.3, 0.4) is 0 Å². The minimum Gasteiger partial charge on any atom is -0.493 e. The molecule has 73 heavy (non-hydrogen) atoms. The van der Waals surface area contributed by atoms with E-state index in [9.17, 15) is 28.8 Å². The Hall–Kier alpha value is -5.98. The largest absolute Gasteiger partial charge is 0.493 e. The van der Waals surface area contributed by atoms with E-state index in [1.165, 1.54) is 63.5 Å². The minimum atomic E-state index is -0.326. The average molecular weight is 1020 g/mol. The summed E-state index contributed by atoms with van der Waals surface area (Å²) in [7, 11) is 11.5. The maximum absolute atomic E-state index is 12.7. The van der Waals surface area contributed by atoms with E-state index in [0.29, 0.717) is 64.9 Å². The van der Waals surface area contributed by atoms with Crippen LogP contribution in [-0.4, -0.2) is 95.0 Å². The van der Waals surface area contributed by atoms with Crippen molar-refractivity contribution in [3.63, 3.8) is 0 Å². The molecule has 0 radical (unpaired) electrons. The molecule has 1 aliphatic rings. The van der Waals surface area contributed by atoms with Gasteiger partial charge in [0.2, 0.25) is 5.75 Å². The molecule has 404 valence electrons. The molecule has 1 aliphatic heterocycles. The topological polar surface area (TPSA) is 198 Å². The molecule has 0 atom stereocenters. The van der Waals surface area contributed by atoms with Crippen LogP contribution in [-0.2, 0) is 62.2 Å². The number of nitrogens with zero attached hydrogens (tertiary/aromatic N) is 9. The fourth-order valence-electron chi connectivity index (χ4n) is 9.70. The van der Waals surface area contributed by atoms with Crippen molar-refractivity contribution < 1.29 is 28.5 Å². The summed E-state index contributed by atoms with van der Waals surface area (Å²) >= 11 is 0. The van der Waals surface area contributed by atoms with E-state index in [1.54, 1.807) is 83.4 Å². The van der Waals surface area contributed by atoms with Gasteiger partial charge in [0.1, 0.15) is 12.4 Å². The second-order valence-electron chi connectivity index (χ2n) is 19.5. The Morgan fingerprint density at radius 1 is 0.521 bits per heavy atom. The van der Waals surface area contributed by atoms with Gasteiger partial charge in [-0.2, -0.15) is 0 Å². The van der Waals surface area contributed by atoms with E-state index in [2.05, 4.69) is 14.9 Å². The fourth-order valence-corrected chi connectivity index (χ4v) is 9.70. The number of carbonyl (C=O) groups excluding carboxylic acids is 2. The van der Waals surface area contributed by atoms with E-state index in [1.807, 2.05) is 0 Å². The predicted octanol–water partition coefficient (Wildman–Crippen LogP) is 7.49. The zero-order valence-corrected chi connectivity index (χ0v) is 44.9. The fraction of sp³-hybridized carbons (Fsp3) is 0.667. The van der Waals surface area contributed by atoms with Crippen LogP contribution in [0, 0.1) is 0 Å². The molecular weight excluding hydrogens is 935 g/mol. The Morgan fingerprint density at radius 2 is 0.945 bits per heavy atom. The number of fused-ring (bicyclic) bond motifs is 2. The normalized spacial score (nSPS) is 12.8. The van der Waals surface area contributed by atoms with Gasteiger partial charge >= 0.3 is 17.3 Å². The lowest BCUT2D eigenvalue weighted by molar-refractivity contribution is -0.145. The van der Waals surface area contributed by atoms with Crippen molar-refractivity contribution in [3.05, 3.63) is 72.0 Å². The summed E-state index contributed by atoms with van der Waals surface area (Å²) in [6.07, 6.45) is 26.4. The number of likely N-dealkylation sites (tertiary alicyclic amines) is 1. The second kappa shape index (κ2) is 30.3. The van der Waals surface area contributed by atoms with Gasteiger partial charge in [-0.05, 0) is 82.3 Å². The number of imidazole rings is 2. The number of hydrogen-bond donors (Lipinski definition) is 0. The van der Waals surface area contributed by atoms with E-state index < -0.39 is 0 Å². The van der Waals surface area contributed by atoms with E-state index in [0.717, 1.165) is 121 Å². The van der Waals surface area contributed by atoms with E-state index in [4.69, 9.17) is 18.9 Å². The maximum Gasteiger partial charge on any atom is 0.332 e. The van der Waals surface area contributed by atoms with Gasteiger partial charge in [-0.1, -0.05) is 83.5 Å². The molecule has 0 amide bonds. The SMILES string of the molecule is COc1cc(COC(=O)CCCCCCCCCCn2c(=O)c3c(ncn3C)n(C)c2=O)cc(OC)c1OC.Cn1cnc2c1c(=O)n(CCCCCCCCCCC(=O)CCCN1CCCCC1)c(=O)n2C. The molecule has 19 heteroatoms. The van der Waals surface area contributed by atoms with Crippen molar-refractivity contribution in [2.75, 3.05) is 41.0 Å². The molecular formula is C54H83N9O10. The van der Waals surface area contributed by atoms with E-state index >= 15 is 0 Å². The summed E-state index contributed by atoms with van der Waals surface area (Å²) in [6.45, 7) is 4.52. The van der Waals surface area contributed by atoms with Gasteiger partial charge in [-0.15, -0.1) is 0 Å². The molecule has 5 aromatic rings. The van der Waals surface area contributed by atoms with Crippen molar-refractivity contribution in [3.8, 4) is 17.2 Å². The summed E-state index contributed by atoms with van der Waals surface area (Å²) in [5, 5.41) is 0. The van der Waals surface area contributed by atoms with Crippen molar-refractivity contribution in [2.24, 2.45) is 28.2 Å². The number of ketones is 1. The van der Waals surface area contributed by atoms with Gasteiger partial charge < -0.3 is 33.0 Å². The number of carbonyl (C=O) groups is 2. The average Bonchev–Trinajstić information content (AvgIpc) is 3.99. The zero-order chi connectivity index (χ0) is 52.7. The van der Waals surface area contributed by atoms with Gasteiger partial charge in [0.25, 0.3) is 11.1 Å². The first-order valence-electron chi connectivity index (χ1n) is 26.7. The first-order valence-corrected chi connectivity index (χ1v) is 26.7. The highest BCUT2D eigenvalue weighted by atomic mass is 16.5. The third-order valence-electron chi connectivity index (χ3n) is 14.0. The standard InChI is InChI=1S/C28H40N4O7.C26H43N5O3/c1-30-19-29-26-24(30)27(34)32(28(35)31(26)2)15-13-11-9-7-6-8-10-12-14-23(33)39-18-20-16-21(36-3)25(38-5)22(17-20)37-4;1-28-21-27-24-23(28)25(33)31(26(34)29(24)2)20-13-8-6-4-3-5-7-10-15-22(32)16-14-19-30-17-11-9-12-18-30/h16-17,19H,6-15,18H2,1-5H3;21H,3-20H2,1-2H3. The number of aromatic nitrogens is 8. The van der Waals surface area contributed by atoms with Gasteiger partial charge in [-0.25, -0.2) is 19.6 Å². The third-order valence-corrected chi connectivity index (χ3v) is 14.0. The van der Waals surface area contributed by atoms with Crippen LogP contribution < -0.4 is 36.7 Å². The summed E-state index contributed by atoms with van der Waals surface area (Å²) in [4.78, 5) is 85.5. The summed E-state index contributed by atoms with van der Waals surface area (Å²) in [5.74, 6) is 1.75. The molecule has 0 bridgehead atoms. The summed E-state index contributed by atoms with van der Waals surface area (Å²) in [5.41, 5.74) is 1.38. The zero-order valence-electron chi connectivity index (χ0n) is 44.9. The molecule has 5 heterocycles. The third kappa shape index (κ3) is 16.8. The Balaban J connectivity index is 0.000000273. The highest BCUT2D eigenvalue weighted by Crippen LogP contribution is 2.38. The van der Waals surface area contributed by atoms with Crippen LogP contribution in [0.25, 0.3) is 22.3 Å². The molecule has 0 aliphatic carbocycles. The molecule has 0 unspecified atom stereocenters. The molecule has 0 saturated carbocycles. The molecule has 1 fully saturated rings. The molecule has 1 saturated heterocycles. The van der Waals surface area contributed by atoms with Crippen LogP contribution in [0.4, 0.5) is 0 Å². The monoisotopic (exact) mass is 1020 g/mol. The summed E-state index contributed by atoms with van der Waals surface area (Å²) < 4.78 is 30.3. The Bertz CT molecular complexity index is 2750. The number of ether oxygens (including phenoxy) is 4. The minimum absolute atomic E-state index is 0.143. The lowest BCUT2D eigenvalue weighted by Crippen LogP contribution is -2.39. The number of unbranched alkanes of at least 4 members (excludes halogenated alkanes) is 14. The molecule has 4 aromatic heterocycles. The Kier molecular flexibility index (Phi) is 24.0. The number of hydrogen-bond acceptors (Lipinski definition) is 13. The number of benzene rings is 1. The predicted molar refractivity (Wildman–Crippen MR) is 284 cm³/mol. The molecule has 19 nitrogen and oxygen atoms in total. The van der Waals surface area contributed by atoms with Crippen LogP contribution >= 0.6 is 0 Å². The summed E-state index contributed by atoms with van der Waals surface area (Å²) in [6, 6.07) is 3.54. The van der Waals surface area contributed by atoms with Crippen molar-refractivity contribution in [2.45, 2.75) is 167 Å². The Morgan fingerprint density at radius 3 is 1.40 bits per heavy atom. The van der Waals surface area contributed by atoms with Gasteiger partial charge in [0.05, 0.1) is 34.0 Å². The lowest BCUT2D eigenvalue weighted by atomic mass is 10.0. The first kappa shape index (κ1) is 57.9. The lowest BCUT2D eigenvalue weighted by Gasteiger charge is -2.26. The number of rotatable bonds is 31. The van der Waals surface area contributed by atoms with Crippen molar-refractivity contribution >= 4 is 34.1 Å². The maximum atomic E-state index is 12.7. The Labute approximate surface area is 429 Å². The number of aryl methyl sites for hydroxylation is 4. The van der Waals surface area contributed by atoms with Crippen LogP contribution in [0.5, 0.6) is 17.2 Å². The van der Waals surface area contributed by atoms with Crippen LogP contribution in [0.1, 0.15) is 153 Å². The van der Waals surface area contributed by atoms with Gasteiger partial charge in [0, 0.05) is 60.5 Å². The van der Waals surface area contributed by atoms with Gasteiger partial charge in [0.15, 0.2) is 33.8 Å². The number of piperidine rings is 1. The number of methoxy groups -OCH3 is 3. The molecule has 6 rings (SSSR count). The van der Waals surface area contributed by atoms with Gasteiger partial charge in [-0.3, -0.25) is 37.4 Å². The molecule has 0 N–H and O–H groups in total. The number of Topliss-reactive ketones (excluding diaryl/α,β-unsaturated/α-hetero) is 1. The second-order valence-corrected chi connectivity index (χ2v) is 19.5. The highest BCUT2D eigenvalue weighted by Gasteiger charge is 2.18.